The maximum absolute atomic E-state index is 14.2. The van der Waals surface area contributed by atoms with Gasteiger partial charge in [0.05, 0.1) is 30.5 Å². The van der Waals surface area contributed by atoms with Crippen LogP contribution in [0.25, 0.3) is 11.8 Å². The molecule has 4 aromatic carbocycles. The molecule has 0 amide bonds. The van der Waals surface area contributed by atoms with Gasteiger partial charge in [-0.25, -0.2) is 4.99 Å². The van der Waals surface area contributed by atoms with E-state index in [4.69, 9.17) is 19.2 Å². The van der Waals surface area contributed by atoms with E-state index in [1.807, 2.05) is 83.4 Å². The van der Waals surface area contributed by atoms with E-state index in [2.05, 4.69) is 24.3 Å². The lowest BCUT2D eigenvalue weighted by Gasteiger charge is -2.31. The fraction of sp³-hybridized carbons (Fsp3) is 0.167. The number of rotatable bonds is 7. The SMILES string of the molecule is COc1ccc([C@H]2C3=C(N=c4s/c(=C/c5cccc(OCc6ccccc6)c5)c(=O)n42)c2ccccc2CC3)cc1OC. The van der Waals surface area contributed by atoms with Gasteiger partial charge < -0.3 is 14.2 Å². The number of methoxy groups -OCH3 is 2. The summed E-state index contributed by atoms with van der Waals surface area (Å²) < 4.78 is 19.7. The second kappa shape index (κ2) is 11.4. The summed E-state index contributed by atoms with van der Waals surface area (Å²) in [5, 5.41) is 0. The van der Waals surface area contributed by atoms with Crippen LogP contribution in [0.4, 0.5) is 0 Å². The smallest absolute Gasteiger partial charge is 0.271 e. The first-order valence-corrected chi connectivity index (χ1v) is 15.1. The number of fused-ring (bicyclic) bond motifs is 3. The lowest BCUT2D eigenvalue weighted by molar-refractivity contribution is 0.306. The zero-order valence-corrected chi connectivity index (χ0v) is 24.8. The molecule has 0 saturated carbocycles. The molecule has 6 nitrogen and oxygen atoms in total. The molecule has 1 aromatic heterocycles. The molecule has 1 aliphatic heterocycles. The zero-order chi connectivity index (χ0) is 29.3. The van der Waals surface area contributed by atoms with Gasteiger partial charge in [-0.05, 0) is 71.0 Å². The van der Waals surface area contributed by atoms with Gasteiger partial charge in [0.15, 0.2) is 16.3 Å². The number of ether oxygens (including phenoxy) is 3. The molecule has 0 fully saturated rings. The van der Waals surface area contributed by atoms with Crippen LogP contribution in [0, 0.1) is 0 Å². The van der Waals surface area contributed by atoms with Gasteiger partial charge in [-0.2, -0.15) is 0 Å². The van der Waals surface area contributed by atoms with E-state index < -0.39 is 0 Å². The molecule has 7 heteroatoms. The fourth-order valence-electron chi connectivity index (χ4n) is 5.93. The van der Waals surface area contributed by atoms with Gasteiger partial charge in [-0.3, -0.25) is 9.36 Å². The Morgan fingerprint density at radius 1 is 0.884 bits per heavy atom. The normalized spacial score (nSPS) is 15.7. The lowest BCUT2D eigenvalue weighted by Crippen LogP contribution is -2.38. The third-order valence-electron chi connectivity index (χ3n) is 8.00. The number of hydrogen-bond donors (Lipinski definition) is 0. The summed E-state index contributed by atoms with van der Waals surface area (Å²) in [4.78, 5) is 20.0. The minimum Gasteiger partial charge on any atom is -0.493 e. The van der Waals surface area contributed by atoms with Crippen LogP contribution in [-0.4, -0.2) is 18.8 Å². The van der Waals surface area contributed by atoms with Crippen molar-refractivity contribution in [2.45, 2.75) is 25.5 Å². The first kappa shape index (κ1) is 27.0. The van der Waals surface area contributed by atoms with E-state index in [1.165, 1.54) is 16.9 Å². The van der Waals surface area contributed by atoms with E-state index >= 15 is 0 Å². The van der Waals surface area contributed by atoms with Crippen LogP contribution in [0.5, 0.6) is 17.2 Å². The number of aromatic nitrogens is 1. The molecule has 214 valence electrons. The quantitative estimate of drug-likeness (QED) is 0.238. The van der Waals surface area contributed by atoms with Gasteiger partial charge in [0.1, 0.15) is 12.4 Å². The number of nitrogens with zero attached hydrogens (tertiary/aromatic N) is 2. The molecular weight excluding hydrogens is 556 g/mol. The number of allylic oxidation sites excluding steroid dienone is 1. The van der Waals surface area contributed by atoms with Crippen LogP contribution in [0.1, 0.15) is 40.3 Å². The lowest BCUT2D eigenvalue weighted by atomic mass is 9.83. The largest absolute Gasteiger partial charge is 0.493 e. The summed E-state index contributed by atoms with van der Waals surface area (Å²) in [6.07, 6.45) is 3.65. The monoisotopic (exact) mass is 586 g/mol. The Hall–Kier alpha value is -4.88. The Morgan fingerprint density at radius 3 is 2.53 bits per heavy atom. The van der Waals surface area contributed by atoms with Crippen LogP contribution in [-0.2, 0) is 13.0 Å². The van der Waals surface area contributed by atoms with Crippen molar-refractivity contribution in [1.29, 1.82) is 0 Å². The third-order valence-corrected chi connectivity index (χ3v) is 8.98. The van der Waals surface area contributed by atoms with Crippen molar-refractivity contribution in [3.63, 3.8) is 0 Å². The van der Waals surface area contributed by atoms with Crippen molar-refractivity contribution in [2.75, 3.05) is 14.2 Å². The van der Waals surface area contributed by atoms with E-state index in [0.717, 1.165) is 52.1 Å². The standard InChI is InChI=1S/C36H30N2O4S/c1-40-30-18-16-26(21-31(30)41-2)34-29-17-15-25-12-6-7-14-28(25)33(29)37-36-38(34)35(39)32(43-36)20-24-11-8-13-27(19-24)42-22-23-9-4-3-5-10-23/h3-14,16,18-21,34H,15,17,22H2,1-2H3/b32-20+/t34-/m0/s1. The van der Waals surface area contributed by atoms with Gasteiger partial charge in [0.2, 0.25) is 0 Å². The minimum atomic E-state index is -0.304. The van der Waals surface area contributed by atoms with Crippen molar-refractivity contribution in [3.8, 4) is 17.2 Å². The number of aryl methyl sites for hydroxylation is 1. The molecule has 0 radical (unpaired) electrons. The summed E-state index contributed by atoms with van der Waals surface area (Å²) in [6, 6.07) is 31.9. The molecule has 0 bridgehead atoms. The van der Waals surface area contributed by atoms with E-state index in [0.29, 0.717) is 27.4 Å². The van der Waals surface area contributed by atoms with Crippen LogP contribution in [0.2, 0.25) is 0 Å². The predicted molar refractivity (Wildman–Crippen MR) is 170 cm³/mol. The summed E-state index contributed by atoms with van der Waals surface area (Å²) in [5.74, 6) is 2.03. The molecule has 2 heterocycles. The molecule has 0 unspecified atom stereocenters. The molecule has 0 spiro atoms. The van der Waals surface area contributed by atoms with Gasteiger partial charge in [0.25, 0.3) is 5.56 Å². The molecule has 43 heavy (non-hydrogen) atoms. The van der Waals surface area contributed by atoms with Crippen molar-refractivity contribution in [2.24, 2.45) is 4.99 Å². The topological polar surface area (TPSA) is 62.0 Å². The van der Waals surface area contributed by atoms with Gasteiger partial charge in [0, 0.05) is 5.56 Å². The highest BCUT2D eigenvalue weighted by Crippen LogP contribution is 2.42. The molecular formula is C36H30N2O4S. The van der Waals surface area contributed by atoms with E-state index in [-0.39, 0.29) is 11.6 Å². The van der Waals surface area contributed by atoms with E-state index in [9.17, 15) is 4.79 Å². The summed E-state index contributed by atoms with van der Waals surface area (Å²) in [6.45, 7) is 0.477. The Kier molecular flexibility index (Phi) is 7.17. The second-order valence-corrected chi connectivity index (χ2v) is 11.6. The Bertz CT molecular complexity index is 2040. The minimum absolute atomic E-state index is 0.0652. The summed E-state index contributed by atoms with van der Waals surface area (Å²) >= 11 is 1.42. The average Bonchev–Trinajstić information content (AvgIpc) is 3.36. The molecule has 2 aliphatic rings. The fourth-order valence-corrected chi connectivity index (χ4v) is 6.93. The third kappa shape index (κ3) is 5.06. The maximum Gasteiger partial charge on any atom is 0.271 e. The first-order chi connectivity index (χ1) is 21.1. The Morgan fingerprint density at radius 2 is 1.70 bits per heavy atom. The Labute approximate surface area is 253 Å². The van der Waals surface area contributed by atoms with Crippen LogP contribution < -0.4 is 29.1 Å². The average molecular weight is 587 g/mol. The Balaban J connectivity index is 1.34. The highest BCUT2D eigenvalue weighted by Gasteiger charge is 2.33. The van der Waals surface area contributed by atoms with Gasteiger partial charge >= 0.3 is 0 Å². The molecule has 0 saturated heterocycles. The van der Waals surface area contributed by atoms with Crippen LogP contribution >= 0.6 is 11.3 Å². The number of benzene rings is 4. The number of hydrogen-bond acceptors (Lipinski definition) is 6. The highest BCUT2D eigenvalue weighted by atomic mass is 32.1. The zero-order valence-electron chi connectivity index (χ0n) is 23.9. The van der Waals surface area contributed by atoms with Crippen molar-refractivity contribution in [1.82, 2.24) is 4.57 Å². The molecule has 7 rings (SSSR count). The summed E-state index contributed by atoms with van der Waals surface area (Å²) in [5.41, 5.74) is 7.41. The maximum atomic E-state index is 14.2. The molecule has 5 aromatic rings. The van der Waals surface area contributed by atoms with Crippen molar-refractivity contribution in [3.05, 3.63) is 150 Å². The molecule has 1 atom stereocenters. The van der Waals surface area contributed by atoms with Gasteiger partial charge in [-0.15, -0.1) is 0 Å². The van der Waals surface area contributed by atoms with E-state index in [1.54, 1.807) is 14.2 Å². The second-order valence-electron chi connectivity index (χ2n) is 10.6. The number of thiazole rings is 1. The predicted octanol–water partition coefficient (Wildman–Crippen LogP) is 5.91. The van der Waals surface area contributed by atoms with Crippen molar-refractivity contribution >= 4 is 23.1 Å². The first-order valence-electron chi connectivity index (χ1n) is 14.2. The van der Waals surface area contributed by atoms with Gasteiger partial charge in [-0.1, -0.05) is 84.1 Å². The van der Waals surface area contributed by atoms with Crippen molar-refractivity contribution < 1.29 is 14.2 Å². The molecule has 0 N–H and O–H groups in total. The molecule has 1 aliphatic carbocycles. The van der Waals surface area contributed by atoms with Crippen LogP contribution in [0.3, 0.4) is 0 Å². The summed E-state index contributed by atoms with van der Waals surface area (Å²) in [7, 11) is 3.26. The highest BCUT2D eigenvalue weighted by molar-refractivity contribution is 7.07. The van der Waals surface area contributed by atoms with Crippen LogP contribution in [0.15, 0.2) is 112 Å².